The molecule has 2 heterocycles. The summed E-state index contributed by atoms with van der Waals surface area (Å²) in [7, 11) is 1.64. The Labute approximate surface area is 187 Å². The molecule has 168 valence electrons. The van der Waals surface area contributed by atoms with Crippen LogP contribution in [0.5, 0.6) is 5.75 Å². The molecule has 8 nitrogen and oxygen atoms in total. The van der Waals surface area contributed by atoms with E-state index in [4.69, 9.17) is 4.74 Å². The first kappa shape index (κ1) is 21.7. The number of rotatable bonds is 6. The smallest absolute Gasteiger partial charge is 0.312 e. The SMILES string of the molecule is COc1cccc(N2CCN(C(=O)CN3CCN(Cc4ccccc4)C(=O)C3=O)CC2)c1. The molecule has 0 aliphatic carbocycles. The van der Waals surface area contributed by atoms with Gasteiger partial charge >= 0.3 is 11.8 Å². The van der Waals surface area contributed by atoms with Crippen LogP contribution in [0.15, 0.2) is 54.6 Å². The molecule has 0 spiro atoms. The van der Waals surface area contributed by atoms with E-state index in [9.17, 15) is 14.4 Å². The third-order valence-electron chi connectivity index (χ3n) is 5.99. The van der Waals surface area contributed by atoms with Gasteiger partial charge in [-0.25, -0.2) is 0 Å². The zero-order chi connectivity index (χ0) is 22.5. The van der Waals surface area contributed by atoms with Crippen LogP contribution in [0, 0.1) is 0 Å². The van der Waals surface area contributed by atoms with Gasteiger partial charge in [0.15, 0.2) is 0 Å². The van der Waals surface area contributed by atoms with Crippen molar-refractivity contribution in [1.82, 2.24) is 14.7 Å². The number of carbonyl (C=O) groups is 3. The number of anilines is 1. The third kappa shape index (κ3) is 4.85. The first-order valence-corrected chi connectivity index (χ1v) is 10.8. The lowest BCUT2D eigenvalue weighted by Crippen LogP contribution is -2.57. The Hall–Kier alpha value is -3.55. The van der Waals surface area contributed by atoms with Crippen LogP contribution in [-0.4, -0.2) is 85.3 Å². The first-order valence-electron chi connectivity index (χ1n) is 10.8. The molecular formula is C24H28N4O4. The number of carbonyl (C=O) groups excluding carboxylic acids is 3. The molecule has 0 radical (unpaired) electrons. The summed E-state index contributed by atoms with van der Waals surface area (Å²) >= 11 is 0. The molecule has 0 saturated carbocycles. The highest BCUT2D eigenvalue weighted by molar-refractivity contribution is 6.35. The van der Waals surface area contributed by atoms with Gasteiger partial charge in [0.1, 0.15) is 12.3 Å². The fourth-order valence-corrected chi connectivity index (χ4v) is 4.11. The van der Waals surface area contributed by atoms with Crippen LogP contribution in [0.1, 0.15) is 5.56 Å². The molecule has 2 aliphatic heterocycles. The van der Waals surface area contributed by atoms with E-state index in [2.05, 4.69) is 4.90 Å². The summed E-state index contributed by atoms with van der Waals surface area (Å²) in [5.74, 6) is -0.463. The number of hydrogen-bond acceptors (Lipinski definition) is 5. The molecule has 2 fully saturated rings. The molecule has 2 aromatic rings. The molecule has 2 aliphatic rings. The van der Waals surface area contributed by atoms with Crippen LogP contribution in [-0.2, 0) is 20.9 Å². The predicted octanol–water partition coefficient (Wildman–Crippen LogP) is 1.21. The Morgan fingerprint density at radius 3 is 2.25 bits per heavy atom. The van der Waals surface area contributed by atoms with Crippen LogP contribution >= 0.6 is 0 Å². The summed E-state index contributed by atoms with van der Waals surface area (Å²) in [5.41, 5.74) is 2.04. The monoisotopic (exact) mass is 436 g/mol. The van der Waals surface area contributed by atoms with Gasteiger partial charge in [-0.05, 0) is 17.7 Å². The standard InChI is InChI=1S/C24H28N4O4/c1-32-21-9-5-8-20(16-21)25-10-12-26(13-11-25)22(29)18-28-15-14-27(23(30)24(28)31)17-19-6-3-2-4-7-19/h2-9,16H,10-15,17-18H2,1H3. The normalized spacial score (nSPS) is 17.0. The Kier molecular flexibility index (Phi) is 6.58. The fourth-order valence-electron chi connectivity index (χ4n) is 4.11. The van der Waals surface area contributed by atoms with Crippen LogP contribution in [0.25, 0.3) is 0 Å². The number of methoxy groups -OCH3 is 1. The van der Waals surface area contributed by atoms with E-state index < -0.39 is 11.8 Å². The summed E-state index contributed by atoms with van der Waals surface area (Å²) in [6, 6.07) is 17.5. The van der Waals surface area contributed by atoms with Crippen LogP contribution in [0.2, 0.25) is 0 Å². The minimum atomic E-state index is -0.601. The number of amides is 3. The second kappa shape index (κ2) is 9.72. The molecule has 3 amide bonds. The van der Waals surface area contributed by atoms with Crippen molar-refractivity contribution >= 4 is 23.4 Å². The third-order valence-corrected chi connectivity index (χ3v) is 5.99. The van der Waals surface area contributed by atoms with E-state index in [1.165, 1.54) is 4.90 Å². The maximum absolute atomic E-state index is 12.8. The van der Waals surface area contributed by atoms with Crippen molar-refractivity contribution in [2.75, 3.05) is 57.8 Å². The van der Waals surface area contributed by atoms with E-state index in [1.807, 2.05) is 54.6 Å². The van der Waals surface area contributed by atoms with Crippen molar-refractivity contribution < 1.29 is 19.1 Å². The van der Waals surface area contributed by atoms with Gasteiger partial charge in [-0.1, -0.05) is 36.4 Å². The van der Waals surface area contributed by atoms with Gasteiger partial charge in [0.05, 0.1) is 7.11 Å². The molecule has 2 saturated heterocycles. The molecule has 0 aromatic heterocycles. The Morgan fingerprint density at radius 2 is 1.53 bits per heavy atom. The molecule has 8 heteroatoms. The van der Waals surface area contributed by atoms with Gasteiger partial charge in [0, 0.05) is 57.6 Å². The Balaban J connectivity index is 1.28. The molecule has 2 aromatic carbocycles. The van der Waals surface area contributed by atoms with Crippen LogP contribution in [0.4, 0.5) is 5.69 Å². The maximum atomic E-state index is 12.8. The molecule has 0 bridgehead atoms. The largest absolute Gasteiger partial charge is 0.497 e. The minimum absolute atomic E-state index is 0.0527. The van der Waals surface area contributed by atoms with Gasteiger partial charge in [-0.3, -0.25) is 14.4 Å². The summed E-state index contributed by atoms with van der Waals surface area (Å²) < 4.78 is 5.29. The Morgan fingerprint density at radius 1 is 0.844 bits per heavy atom. The summed E-state index contributed by atoms with van der Waals surface area (Å²) in [6.45, 7) is 3.71. The average molecular weight is 437 g/mol. The van der Waals surface area contributed by atoms with Crippen molar-refractivity contribution in [3.8, 4) is 5.75 Å². The van der Waals surface area contributed by atoms with Crippen molar-refractivity contribution in [2.24, 2.45) is 0 Å². The number of piperazine rings is 2. The lowest BCUT2D eigenvalue weighted by molar-refractivity contribution is -0.158. The molecule has 0 unspecified atom stereocenters. The van der Waals surface area contributed by atoms with E-state index in [0.29, 0.717) is 45.8 Å². The van der Waals surface area contributed by atoms with E-state index in [0.717, 1.165) is 17.0 Å². The minimum Gasteiger partial charge on any atom is -0.497 e. The number of hydrogen-bond donors (Lipinski definition) is 0. The van der Waals surface area contributed by atoms with E-state index >= 15 is 0 Å². The van der Waals surface area contributed by atoms with Crippen molar-refractivity contribution in [1.29, 1.82) is 0 Å². The highest BCUT2D eigenvalue weighted by Gasteiger charge is 2.34. The van der Waals surface area contributed by atoms with Crippen molar-refractivity contribution in [2.45, 2.75) is 6.54 Å². The number of benzene rings is 2. The van der Waals surface area contributed by atoms with Gasteiger partial charge in [0.25, 0.3) is 0 Å². The van der Waals surface area contributed by atoms with Gasteiger partial charge in [-0.2, -0.15) is 0 Å². The van der Waals surface area contributed by atoms with Gasteiger partial charge in [0.2, 0.25) is 5.91 Å². The topological polar surface area (TPSA) is 73.4 Å². The quantitative estimate of drug-likeness (QED) is 0.637. The fraction of sp³-hybridized carbons (Fsp3) is 0.375. The lowest BCUT2D eigenvalue weighted by Gasteiger charge is -2.38. The summed E-state index contributed by atoms with van der Waals surface area (Å²) in [4.78, 5) is 44.8. The second-order valence-corrected chi connectivity index (χ2v) is 8.01. The highest BCUT2D eigenvalue weighted by atomic mass is 16.5. The van der Waals surface area contributed by atoms with Crippen LogP contribution in [0.3, 0.4) is 0 Å². The Bertz CT molecular complexity index is 973. The van der Waals surface area contributed by atoms with E-state index in [1.54, 1.807) is 16.9 Å². The zero-order valence-electron chi connectivity index (χ0n) is 18.3. The van der Waals surface area contributed by atoms with E-state index in [-0.39, 0.29) is 12.5 Å². The van der Waals surface area contributed by atoms with Crippen molar-refractivity contribution in [3.05, 3.63) is 60.2 Å². The summed E-state index contributed by atoms with van der Waals surface area (Å²) in [6.07, 6.45) is 0. The number of ether oxygens (including phenoxy) is 1. The zero-order valence-corrected chi connectivity index (χ0v) is 18.3. The van der Waals surface area contributed by atoms with Gasteiger partial charge < -0.3 is 24.3 Å². The summed E-state index contributed by atoms with van der Waals surface area (Å²) in [5, 5.41) is 0. The molecule has 32 heavy (non-hydrogen) atoms. The molecule has 4 rings (SSSR count). The lowest BCUT2D eigenvalue weighted by atomic mass is 10.2. The molecular weight excluding hydrogens is 408 g/mol. The highest BCUT2D eigenvalue weighted by Crippen LogP contribution is 2.22. The first-order chi connectivity index (χ1) is 15.5. The maximum Gasteiger partial charge on any atom is 0.312 e. The average Bonchev–Trinajstić information content (AvgIpc) is 2.84. The molecule has 0 N–H and O–H groups in total. The van der Waals surface area contributed by atoms with Crippen LogP contribution < -0.4 is 9.64 Å². The van der Waals surface area contributed by atoms with Gasteiger partial charge in [-0.15, -0.1) is 0 Å². The molecule has 0 atom stereocenters. The second-order valence-electron chi connectivity index (χ2n) is 8.01. The predicted molar refractivity (Wildman–Crippen MR) is 120 cm³/mol. The number of nitrogens with zero attached hydrogens (tertiary/aromatic N) is 4. The van der Waals surface area contributed by atoms with Crippen molar-refractivity contribution in [3.63, 3.8) is 0 Å².